The lowest BCUT2D eigenvalue weighted by atomic mass is 10.1. The highest BCUT2D eigenvalue weighted by molar-refractivity contribution is 5.73. The summed E-state index contributed by atoms with van der Waals surface area (Å²) < 4.78 is 10.6. The summed E-state index contributed by atoms with van der Waals surface area (Å²) in [6, 6.07) is 9.39. The van der Waals surface area contributed by atoms with Crippen LogP contribution in [0.5, 0.6) is 11.5 Å². The summed E-state index contributed by atoms with van der Waals surface area (Å²) >= 11 is 0. The van der Waals surface area contributed by atoms with Crippen molar-refractivity contribution < 1.29 is 14.3 Å². The van der Waals surface area contributed by atoms with Gasteiger partial charge in [-0.25, -0.2) is 9.78 Å². The second-order valence-electron chi connectivity index (χ2n) is 6.23. The van der Waals surface area contributed by atoms with Gasteiger partial charge in [-0.05, 0) is 55.7 Å². The Hall–Kier alpha value is -2.96. The van der Waals surface area contributed by atoms with Crippen molar-refractivity contribution in [3.05, 3.63) is 47.7 Å². The molecule has 152 valence electrons. The molecule has 0 aliphatic heterocycles. The highest BCUT2D eigenvalue weighted by atomic mass is 16.5. The van der Waals surface area contributed by atoms with Gasteiger partial charge in [-0.1, -0.05) is 6.07 Å². The van der Waals surface area contributed by atoms with Gasteiger partial charge < -0.3 is 25.0 Å². The number of carbonyl (C=O) groups is 1. The van der Waals surface area contributed by atoms with Gasteiger partial charge in [0, 0.05) is 32.4 Å². The number of methoxy groups -OCH3 is 2. The fourth-order valence-corrected chi connectivity index (χ4v) is 2.89. The van der Waals surface area contributed by atoms with Crippen LogP contribution in [0.25, 0.3) is 0 Å². The lowest BCUT2D eigenvalue weighted by Crippen LogP contribution is -2.36. The van der Waals surface area contributed by atoms with Crippen LogP contribution in [0.2, 0.25) is 0 Å². The van der Waals surface area contributed by atoms with Crippen LogP contribution < -0.4 is 25.0 Å². The molecule has 0 radical (unpaired) electrons. The minimum Gasteiger partial charge on any atom is -0.497 e. The molecular formula is C21H30N4O3. The van der Waals surface area contributed by atoms with Crippen molar-refractivity contribution in [3.8, 4) is 11.5 Å². The number of amides is 2. The summed E-state index contributed by atoms with van der Waals surface area (Å²) in [4.78, 5) is 18.7. The average Bonchev–Trinajstić information content (AvgIpc) is 2.74. The van der Waals surface area contributed by atoms with Crippen molar-refractivity contribution in [1.29, 1.82) is 0 Å². The van der Waals surface area contributed by atoms with Crippen LogP contribution in [-0.4, -0.2) is 44.9 Å². The maximum Gasteiger partial charge on any atom is 0.315 e. The highest BCUT2D eigenvalue weighted by Crippen LogP contribution is 2.24. The van der Waals surface area contributed by atoms with E-state index in [0.29, 0.717) is 19.5 Å². The van der Waals surface area contributed by atoms with Gasteiger partial charge in [0.05, 0.1) is 14.2 Å². The molecule has 2 N–H and O–H groups in total. The van der Waals surface area contributed by atoms with E-state index in [1.165, 1.54) is 0 Å². The number of urea groups is 1. The summed E-state index contributed by atoms with van der Waals surface area (Å²) in [5, 5.41) is 5.72. The number of ether oxygens (including phenoxy) is 2. The van der Waals surface area contributed by atoms with Gasteiger partial charge in [0.25, 0.3) is 0 Å². The molecule has 7 heteroatoms. The number of hydrogen-bond donors (Lipinski definition) is 2. The third kappa shape index (κ3) is 6.04. The predicted molar refractivity (Wildman–Crippen MR) is 111 cm³/mol. The number of rotatable bonds is 10. The second kappa shape index (κ2) is 11.0. The third-order valence-electron chi connectivity index (χ3n) is 4.52. The monoisotopic (exact) mass is 386 g/mol. The molecule has 0 spiro atoms. The Kier molecular flexibility index (Phi) is 8.39. The van der Waals surface area contributed by atoms with Crippen molar-refractivity contribution in [1.82, 2.24) is 15.6 Å². The number of nitrogens with zero attached hydrogens (tertiary/aromatic N) is 2. The molecule has 1 aromatic heterocycles. The molecule has 28 heavy (non-hydrogen) atoms. The zero-order valence-corrected chi connectivity index (χ0v) is 17.1. The molecule has 0 unspecified atom stereocenters. The Morgan fingerprint density at radius 3 is 2.46 bits per heavy atom. The Morgan fingerprint density at radius 1 is 1.07 bits per heavy atom. The molecule has 2 amide bonds. The van der Waals surface area contributed by atoms with Gasteiger partial charge in [0.15, 0.2) is 0 Å². The first-order valence-corrected chi connectivity index (χ1v) is 9.53. The number of hydrogen-bond acceptors (Lipinski definition) is 5. The van der Waals surface area contributed by atoms with Crippen molar-refractivity contribution in [3.63, 3.8) is 0 Å². The lowest BCUT2D eigenvalue weighted by Gasteiger charge is -2.19. The van der Waals surface area contributed by atoms with Gasteiger partial charge in [0.2, 0.25) is 0 Å². The van der Waals surface area contributed by atoms with E-state index >= 15 is 0 Å². The largest absolute Gasteiger partial charge is 0.497 e. The standard InChI is InChI=1S/C21H30N4O3/c1-5-25(6-2)20-10-7-16(14-23-20)15-24-21(26)22-12-11-17-13-18(27-3)8-9-19(17)28-4/h7-10,13-14H,5-6,11-12,15H2,1-4H3,(H2,22,24,26). The first-order valence-electron chi connectivity index (χ1n) is 9.53. The Morgan fingerprint density at radius 2 is 1.86 bits per heavy atom. The minimum absolute atomic E-state index is 0.213. The fraction of sp³-hybridized carbons (Fsp3) is 0.429. The van der Waals surface area contributed by atoms with Crippen LogP contribution >= 0.6 is 0 Å². The van der Waals surface area contributed by atoms with Crippen molar-refractivity contribution in [2.45, 2.75) is 26.8 Å². The van der Waals surface area contributed by atoms with Gasteiger partial charge in [-0.3, -0.25) is 0 Å². The van der Waals surface area contributed by atoms with Crippen LogP contribution in [0.15, 0.2) is 36.5 Å². The Balaban J connectivity index is 1.79. The molecule has 0 aliphatic rings. The van der Waals surface area contributed by atoms with Gasteiger partial charge >= 0.3 is 6.03 Å². The second-order valence-corrected chi connectivity index (χ2v) is 6.23. The molecule has 1 aromatic carbocycles. The van der Waals surface area contributed by atoms with E-state index < -0.39 is 0 Å². The molecule has 7 nitrogen and oxygen atoms in total. The summed E-state index contributed by atoms with van der Waals surface area (Å²) in [6.45, 7) is 6.97. The number of carbonyl (C=O) groups excluding carboxylic acids is 1. The molecule has 0 aliphatic carbocycles. The number of anilines is 1. The molecule has 1 heterocycles. The maximum absolute atomic E-state index is 12.0. The molecule has 0 saturated carbocycles. The van der Waals surface area contributed by atoms with Crippen molar-refractivity contribution >= 4 is 11.8 Å². The molecule has 2 aromatic rings. The summed E-state index contributed by atoms with van der Waals surface area (Å²) in [5.74, 6) is 2.49. The normalized spacial score (nSPS) is 10.3. The first-order chi connectivity index (χ1) is 13.6. The van der Waals surface area contributed by atoms with Crippen LogP contribution in [0.3, 0.4) is 0 Å². The van der Waals surface area contributed by atoms with Crippen molar-refractivity contribution in [2.75, 3.05) is 38.8 Å². The smallest absolute Gasteiger partial charge is 0.315 e. The molecule has 0 saturated heterocycles. The topological polar surface area (TPSA) is 75.7 Å². The van der Waals surface area contributed by atoms with Crippen LogP contribution in [-0.2, 0) is 13.0 Å². The van der Waals surface area contributed by atoms with E-state index in [4.69, 9.17) is 9.47 Å². The van der Waals surface area contributed by atoms with E-state index in [2.05, 4.69) is 34.4 Å². The minimum atomic E-state index is -0.213. The quantitative estimate of drug-likeness (QED) is 0.657. The Labute approximate surface area is 167 Å². The summed E-state index contributed by atoms with van der Waals surface area (Å²) in [5.41, 5.74) is 1.94. The van der Waals surface area contributed by atoms with E-state index in [1.54, 1.807) is 20.4 Å². The highest BCUT2D eigenvalue weighted by Gasteiger charge is 2.07. The summed E-state index contributed by atoms with van der Waals surface area (Å²) in [7, 11) is 3.26. The van der Waals surface area contributed by atoms with Crippen molar-refractivity contribution in [2.24, 2.45) is 0 Å². The fourth-order valence-electron chi connectivity index (χ4n) is 2.89. The van der Waals surface area contributed by atoms with E-state index in [9.17, 15) is 4.79 Å². The van der Waals surface area contributed by atoms with Crippen LogP contribution in [0, 0.1) is 0 Å². The molecule has 2 rings (SSSR count). The summed E-state index contributed by atoms with van der Waals surface area (Å²) in [6.07, 6.45) is 2.45. The first kappa shape index (κ1) is 21.3. The molecule has 0 fully saturated rings. The van der Waals surface area contributed by atoms with Crippen LogP contribution in [0.4, 0.5) is 10.6 Å². The van der Waals surface area contributed by atoms with E-state index in [0.717, 1.165) is 41.5 Å². The maximum atomic E-state index is 12.0. The van der Waals surface area contributed by atoms with Gasteiger partial charge in [0.1, 0.15) is 17.3 Å². The zero-order chi connectivity index (χ0) is 20.4. The molecular weight excluding hydrogens is 356 g/mol. The molecule has 0 atom stereocenters. The molecule has 0 bridgehead atoms. The third-order valence-corrected chi connectivity index (χ3v) is 4.52. The van der Waals surface area contributed by atoms with Gasteiger partial charge in [-0.15, -0.1) is 0 Å². The van der Waals surface area contributed by atoms with Crippen LogP contribution in [0.1, 0.15) is 25.0 Å². The zero-order valence-electron chi connectivity index (χ0n) is 17.1. The number of pyridine rings is 1. The SMILES string of the molecule is CCN(CC)c1ccc(CNC(=O)NCCc2cc(OC)ccc2OC)cn1. The van der Waals surface area contributed by atoms with Gasteiger partial charge in [-0.2, -0.15) is 0 Å². The predicted octanol–water partition coefficient (Wildman–Crippen LogP) is 2.99. The Bertz CT molecular complexity index is 746. The number of nitrogens with one attached hydrogen (secondary N) is 2. The van der Waals surface area contributed by atoms with E-state index in [1.807, 2.05) is 30.3 Å². The average molecular weight is 386 g/mol. The lowest BCUT2D eigenvalue weighted by molar-refractivity contribution is 0.240. The number of benzene rings is 1. The van der Waals surface area contributed by atoms with E-state index in [-0.39, 0.29) is 6.03 Å². The number of aromatic nitrogens is 1.